The maximum atomic E-state index is 13.1. The number of nitrogens with one attached hydrogen (secondary N) is 1. The molecule has 34 heavy (non-hydrogen) atoms. The fourth-order valence-corrected chi connectivity index (χ4v) is 3.72. The molecule has 1 fully saturated rings. The number of carboxylic acids is 1. The third kappa shape index (κ3) is 5.07. The molecular weight excluding hydrogens is 452 g/mol. The summed E-state index contributed by atoms with van der Waals surface area (Å²) < 4.78 is 11.4. The maximum absolute atomic E-state index is 13.1. The summed E-state index contributed by atoms with van der Waals surface area (Å²) in [5, 5.41) is 12.3. The van der Waals surface area contributed by atoms with Gasteiger partial charge in [-0.15, -0.1) is 0 Å². The average Bonchev–Trinajstić information content (AvgIpc) is 3.12. The summed E-state index contributed by atoms with van der Waals surface area (Å²) >= 11 is 5.40. The van der Waals surface area contributed by atoms with Gasteiger partial charge in [0.05, 0.1) is 17.9 Å². The number of hydrogen-bond donors (Lipinski definition) is 2. The number of para-hydroxylation sites is 1. The molecule has 1 aliphatic rings. The van der Waals surface area contributed by atoms with Gasteiger partial charge in [0.25, 0.3) is 5.91 Å². The highest BCUT2D eigenvalue weighted by Crippen LogP contribution is 2.27. The molecule has 0 spiro atoms. The monoisotopic (exact) mass is 474 g/mol. The first kappa shape index (κ1) is 23.0. The summed E-state index contributed by atoms with van der Waals surface area (Å²) in [6.45, 7) is 2.72. The number of amides is 1. The third-order valence-electron chi connectivity index (χ3n) is 5.10. The highest BCUT2D eigenvalue weighted by atomic mass is 32.1. The Morgan fingerprint density at radius 3 is 2.41 bits per heavy atom. The van der Waals surface area contributed by atoms with Gasteiger partial charge in [0.1, 0.15) is 23.8 Å². The van der Waals surface area contributed by atoms with Crippen molar-refractivity contribution in [1.82, 2.24) is 5.32 Å². The van der Waals surface area contributed by atoms with Crippen molar-refractivity contribution in [1.29, 1.82) is 0 Å². The Kier molecular flexibility index (Phi) is 6.89. The molecule has 1 heterocycles. The van der Waals surface area contributed by atoms with Crippen molar-refractivity contribution in [2.75, 3.05) is 11.5 Å². The summed E-state index contributed by atoms with van der Waals surface area (Å²) in [5.74, 6) is 0.0529. The van der Waals surface area contributed by atoms with Gasteiger partial charge in [-0.2, -0.15) is 0 Å². The number of ether oxygens (including phenoxy) is 2. The lowest BCUT2D eigenvalue weighted by atomic mass is 10.1. The zero-order chi connectivity index (χ0) is 24.1. The first-order valence-corrected chi connectivity index (χ1v) is 11.0. The van der Waals surface area contributed by atoms with Crippen molar-refractivity contribution >= 4 is 41.0 Å². The van der Waals surface area contributed by atoms with Crippen LogP contribution < -0.4 is 19.7 Å². The lowest BCUT2D eigenvalue weighted by molar-refractivity contribution is -0.113. The highest BCUT2D eigenvalue weighted by Gasteiger charge is 2.32. The summed E-state index contributed by atoms with van der Waals surface area (Å²) in [4.78, 5) is 25.5. The second kappa shape index (κ2) is 10.2. The Morgan fingerprint density at radius 2 is 1.74 bits per heavy atom. The van der Waals surface area contributed by atoms with Crippen LogP contribution in [-0.4, -0.2) is 28.7 Å². The number of hydrogen-bond acceptors (Lipinski definition) is 5. The van der Waals surface area contributed by atoms with E-state index in [-0.39, 0.29) is 23.2 Å². The molecular formula is C26H22N2O5S. The summed E-state index contributed by atoms with van der Waals surface area (Å²) in [6, 6.07) is 21.0. The van der Waals surface area contributed by atoms with Crippen molar-refractivity contribution in [3.8, 4) is 11.5 Å². The van der Waals surface area contributed by atoms with E-state index < -0.39 is 5.97 Å². The number of nitrogens with zero attached hydrogens (tertiary/aromatic N) is 1. The van der Waals surface area contributed by atoms with Gasteiger partial charge in [-0.25, -0.2) is 4.79 Å². The van der Waals surface area contributed by atoms with Crippen LogP contribution in [0.4, 0.5) is 5.69 Å². The molecule has 1 amide bonds. The predicted molar refractivity (Wildman–Crippen MR) is 133 cm³/mol. The van der Waals surface area contributed by atoms with E-state index >= 15 is 0 Å². The third-order valence-corrected chi connectivity index (χ3v) is 5.38. The second-order valence-electron chi connectivity index (χ2n) is 7.38. The van der Waals surface area contributed by atoms with Gasteiger partial charge >= 0.3 is 5.97 Å². The highest BCUT2D eigenvalue weighted by molar-refractivity contribution is 7.80. The molecule has 0 aromatic heterocycles. The van der Waals surface area contributed by atoms with E-state index in [2.05, 4.69) is 5.32 Å². The predicted octanol–water partition coefficient (Wildman–Crippen LogP) is 4.62. The molecule has 1 saturated heterocycles. The van der Waals surface area contributed by atoms with Gasteiger partial charge < -0.3 is 19.9 Å². The van der Waals surface area contributed by atoms with E-state index in [0.29, 0.717) is 29.3 Å². The number of carbonyl (C=O) groups is 2. The number of carbonyl (C=O) groups excluding carboxylic acids is 1. The smallest absolute Gasteiger partial charge is 0.335 e. The van der Waals surface area contributed by atoms with Crippen LogP contribution in [0.5, 0.6) is 11.5 Å². The molecule has 4 rings (SSSR count). The van der Waals surface area contributed by atoms with Crippen molar-refractivity contribution < 1.29 is 24.2 Å². The molecule has 0 atom stereocenters. The summed E-state index contributed by atoms with van der Waals surface area (Å²) in [7, 11) is 0. The number of benzene rings is 3. The van der Waals surface area contributed by atoms with Crippen LogP contribution in [-0.2, 0) is 11.4 Å². The second-order valence-corrected chi connectivity index (χ2v) is 7.77. The van der Waals surface area contributed by atoms with Crippen LogP contribution in [0.2, 0.25) is 0 Å². The topological polar surface area (TPSA) is 88.1 Å². The normalized spacial score (nSPS) is 14.3. The van der Waals surface area contributed by atoms with Crippen LogP contribution >= 0.6 is 12.2 Å². The zero-order valence-corrected chi connectivity index (χ0v) is 19.2. The molecule has 172 valence electrons. The van der Waals surface area contributed by atoms with Crippen molar-refractivity contribution in [3.63, 3.8) is 0 Å². The Labute approximate surface area is 202 Å². The number of aromatic carboxylic acids is 1. The van der Waals surface area contributed by atoms with Gasteiger partial charge in [0.2, 0.25) is 0 Å². The number of thiocarbonyl (C=S) groups is 1. The SMILES string of the molecule is CCOc1ccc(N2C(=O)/C(=C/c3ccccc3OCc3ccc(C(=O)O)cc3)NC2=S)cc1. The van der Waals surface area contributed by atoms with E-state index in [0.717, 1.165) is 11.3 Å². The molecule has 0 bridgehead atoms. The van der Waals surface area contributed by atoms with Crippen molar-refractivity contribution in [3.05, 3.63) is 95.2 Å². The van der Waals surface area contributed by atoms with Crippen LogP contribution in [0.15, 0.2) is 78.5 Å². The largest absolute Gasteiger partial charge is 0.494 e. The maximum Gasteiger partial charge on any atom is 0.335 e. The summed E-state index contributed by atoms with van der Waals surface area (Å²) in [6.07, 6.45) is 1.70. The molecule has 0 unspecified atom stereocenters. The number of rotatable bonds is 8. The van der Waals surface area contributed by atoms with E-state index in [1.807, 2.05) is 25.1 Å². The molecule has 0 saturated carbocycles. The van der Waals surface area contributed by atoms with Crippen LogP contribution in [0, 0.1) is 0 Å². The standard InChI is InChI=1S/C26H22N2O5S/c1-2-32-21-13-11-20(12-14-21)28-24(29)22(27-26(28)34)15-19-5-3-4-6-23(19)33-16-17-7-9-18(10-8-17)25(30)31/h3-15H,2,16H2,1H3,(H,27,34)(H,30,31)/b22-15-. The van der Waals surface area contributed by atoms with E-state index in [1.165, 1.54) is 17.0 Å². The minimum atomic E-state index is -0.977. The minimum absolute atomic E-state index is 0.216. The van der Waals surface area contributed by atoms with E-state index in [9.17, 15) is 9.59 Å². The fraction of sp³-hybridized carbons (Fsp3) is 0.115. The number of anilines is 1. The van der Waals surface area contributed by atoms with Crippen molar-refractivity contribution in [2.24, 2.45) is 0 Å². The van der Waals surface area contributed by atoms with Gasteiger partial charge in [-0.05, 0) is 73.2 Å². The lowest BCUT2D eigenvalue weighted by Crippen LogP contribution is -2.30. The molecule has 8 heteroatoms. The van der Waals surface area contributed by atoms with Crippen molar-refractivity contribution in [2.45, 2.75) is 13.5 Å². The first-order valence-electron chi connectivity index (χ1n) is 10.6. The van der Waals surface area contributed by atoms with Gasteiger partial charge in [0.15, 0.2) is 5.11 Å². The minimum Gasteiger partial charge on any atom is -0.494 e. The fourth-order valence-electron chi connectivity index (χ4n) is 3.42. The summed E-state index contributed by atoms with van der Waals surface area (Å²) in [5.41, 5.74) is 2.72. The van der Waals surface area contributed by atoms with Crippen LogP contribution in [0.25, 0.3) is 6.08 Å². The average molecular weight is 475 g/mol. The quantitative estimate of drug-likeness (QED) is 0.364. The molecule has 0 aliphatic carbocycles. The van der Waals surface area contributed by atoms with Gasteiger partial charge in [-0.3, -0.25) is 9.69 Å². The molecule has 7 nitrogen and oxygen atoms in total. The Bertz CT molecular complexity index is 1250. The first-order chi connectivity index (χ1) is 16.5. The molecule has 3 aromatic carbocycles. The Balaban J connectivity index is 1.51. The van der Waals surface area contributed by atoms with Crippen LogP contribution in [0.1, 0.15) is 28.4 Å². The Morgan fingerprint density at radius 1 is 1.03 bits per heavy atom. The van der Waals surface area contributed by atoms with Gasteiger partial charge in [-0.1, -0.05) is 30.3 Å². The van der Waals surface area contributed by atoms with Crippen LogP contribution in [0.3, 0.4) is 0 Å². The number of carboxylic acid groups (broad SMARTS) is 1. The lowest BCUT2D eigenvalue weighted by Gasteiger charge is -2.14. The Hall–Kier alpha value is -4.17. The van der Waals surface area contributed by atoms with E-state index in [4.69, 9.17) is 26.8 Å². The molecule has 2 N–H and O–H groups in total. The molecule has 0 radical (unpaired) electrons. The molecule has 3 aromatic rings. The van der Waals surface area contributed by atoms with E-state index in [1.54, 1.807) is 48.5 Å². The van der Waals surface area contributed by atoms with Gasteiger partial charge in [0, 0.05) is 5.56 Å². The zero-order valence-electron chi connectivity index (χ0n) is 18.4. The molecule has 1 aliphatic heterocycles.